The van der Waals surface area contributed by atoms with E-state index >= 15 is 0 Å². The fraction of sp³-hybridized carbons (Fsp3) is 0.348. The minimum Gasteiger partial charge on any atom is -0.659 e. The molecule has 1 aliphatic heterocycles. The van der Waals surface area contributed by atoms with Crippen molar-refractivity contribution in [2.45, 2.75) is 20.3 Å². The Kier molecular flexibility index (Phi) is 15.2. The number of primary amides is 1. The molecule has 10 heteroatoms. The molecule has 4 N–H and O–H groups in total. The second-order valence-corrected chi connectivity index (χ2v) is 6.80. The Labute approximate surface area is 213 Å². The summed E-state index contributed by atoms with van der Waals surface area (Å²) in [4.78, 5) is 24.0. The molecule has 0 atom stereocenters. The average Bonchev–Trinajstić information content (AvgIpc) is 2.83. The van der Waals surface area contributed by atoms with Crippen LogP contribution in [0.2, 0.25) is 0 Å². The van der Waals surface area contributed by atoms with Crippen LogP contribution in [0.3, 0.4) is 0 Å². The first-order chi connectivity index (χ1) is 15.3. The zero-order valence-corrected chi connectivity index (χ0v) is 22.4. The topological polar surface area (TPSA) is 122 Å². The Morgan fingerprint density at radius 1 is 1.15 bits per heavy atom. The molecule has 0 saturated carbocycles. The molecule has 2 amide bonds. The Morgan fingerprint density at radius 3 is 2.24 bits per heavy atom. The van der Waals surface area contributed by atoms with Crippen molar-refractivity contribution in [1.29, 1.82) is 5.41 Å². The summed E-state index contributed by atoms with van der Waals surface area (Å²) in [5.74, 6) is -1.65. The van der Waals surface area contributed by atoms with Gasteiger partial charge < -0.3 is 26.5 Å². The smallest absolute Gasteiger partial charge is 0.249 e. The maximum absolute atomic E-state index is 13.0. The van der Waals surface area contributed by atoms with Crippen LogP contribution in [0, 0.1) is 11.2 Å². The Bertz CT molecular complexity index is 924. The van der Waals surface area contributed by atoms with Gasteiger partial charge in [0.15, 0.2) is 11.6 Å². The average molecular weight is 648 g/mol. The van der Waals surface area contributed by atoms with Crippen LogP contribution in [-0.2, 0) is 32.3 Å². The Balaban J connectivity index is 0.000000666. The third-order valence-electron chi connectivity index (χ3n) is 4.43. The van der Waals surface area contributed by atoms with Gasteiger partial charge in [0, 0.05) is 57.4 Å². The number of alkyl halides is 1. The van der Waals surface area contributed by atoms with E-state index in [-0.39, 0.29) is 50.5 Å². The van der Waals surface area contributed by atoms with E-state index in [4.69, 9.17) is 22.7 Å². The molecule has 0 bridgehead atoms. The summed E-state index contributed by atoms with van der Waals surface area (Å²) in [6.07, 6.45) is 0.165. The fourth-order valence-corrected chi connectivity index (χ4v) is 3.04. The van der Waals surface area contributed by atoms with Crippen molar-refractivity contribution in [2.75, 3.05) is 32.1 Å². The summed E-state index contributed by atoms with van der Waals surface area (Å²) < 4.78 is 13.0. The number of nitrogens with zero attached hydrogens (tertiary/aromatic N) is 2. The number of phenolic OH excluding ortho intramolecular Hbond substituents is 1. The number of rotatable bonds is 5. The van der Waals surface area contributed by atoms with Gasteiger partial charge in [0.05, 0.1) is 0 Å². The molecule has 1 fully saturated rings. The minimum atomic E-state index is -0.710. The Hall–Kier alpha value is -2.28. The van der Waals surface area contributed by atoms with Crippen LogP contribution in [0.4, 0.5) is 4.39 Å². The van der Waals surface area contributed by atoms with Gasteiger partial charge in [0.1, 0.15) is 5.88 Å². The van der Waals surface area contributed by atoms with E-state index in [9.17, 15) is 19.1 Å². The number of phenols is 1. The summed E-state index contributed by atoms with van der Waals surface area (Å²) in [5, 5.41) is 21.5. The molecule has 180 valence electrons. The van der Waals surface area contributed by atoms with E-state index in [1.165, 1.54) is 12.1 Å². The van der Waals surface area contributed by atoms with Gasteiger partial charge in [-0.15, -0.1) is 24.7 Å². The van der Waals surface area contributed by atoms with Crippen LogP contribution in [-0.4, -0.2) is 59.6 Å². The van der Waals surface area contributed by atoms with E-state index < -0.39 is 17.5 Å². The molecule has 1 heterocycles. The molecule has 0 aliphatic carbocycles. The summed E-state index contributed by atoms with van der Waals surface area (Å²) in [6.45, 7) is 7.02. The summed E-state index contributed by atoms with van der Waals surface area (Å²) in [6, 6.07) is 10.4. The first kappa shape index (κ1) is 30.7. The summed E-state index contributed by atoms with van der Waals surface area (Å²) in [5.41, 5.74) is 6.71. The maximum atomic E-state index is 13.0. The van der Waals surface area contributed by atoms with Gasteiger partial charge in [0.2, 0.25) is 11.8 Å². The van der Waals surface area contributed by atoms with Crippen molar-refractivity contribution in [2.24, 2.45) is 5.73 Å². The zero-order valence-electron chi connectivity index (χ0n) is 18.7. The number of piperazine rings is 1. The fourth-order valence-electron chi connectivity index (χ4n) is 2.87. The van der Waals surface area contributed by atoms with Gasteiger partial charge in [-0.1, -0.05) is 38.1 Å². The van der Waals surface area contributed by atoms with Gasteiger partial charge in [-0.2, -0.15) is 0 Å². The monoisotopic (exact) mass is 647 g/mol. The SMILES string of the molecule is CC.N=C(Cc1ccc(F)c(O)c1)c1ccccc1C(N)=O.O=C(CCl)N1CC[N-]CC1.[W]. The number of amides is 2. The van der Waals surface area contributed by atoms with Gasteiger partial charge >= 0.3 is 0 Å². The van der Waals surface area contributed by atoms with Crippen LogP contribution in [0.5, 0.6) is 5.75 Å². The van der Waals surface area contributed by atoms with Crippen molar-refractivity contribution < 1.29 is 40.2 Å². The third-order valence-corrected chi connectivity index (χ3v) is 4.66. The van der Waals surface area contributed by atoms with Crippen LogP contribution >= 0.6 is 11.6 Å². The maximum Gasteiger partial charge on any atom is 0.249 e. The van der Waals surface area contributed by atoms with Gasteiger partial charge in [-0.25, -0.2) is 4.39 Å². The molecule has 33 heavy (non-hydrogen) atoms. The predicted molar refractivity (Wildman–Crippen MR) is 125 cm³/mol. The quantitative estimate of drug-likeness (QED) is 0.339. The second kappa shape index (κ2) is 16.3. The first-order valence-electron chi connectivity index (χ1n) is 10.2. The molecular weight excluding hydrogens is 619 g/mol. The Morgan fingerprint density at radius 2 is 1.73 bits per heavy atom. The summed E-state index contributed by atoms with van der Waals surface area (Å²) in [7, 11) is 0. The number of hydrogen-bond acceptors (Lipinski definition) is 4. The van der Waals surface area contributed by atoms with Crippen molar-refractivity contribution >= 4 is 29.1 Å². The van der Waals surface area contributed by atoms with Gasteiger partial charge in [-0.05, 0) is 23.8 Å². The summed E-state index contributed by atoms with van der Waals surface area (Å²) >= 11 is 5.36. The molecule has 0 radical (unpaired) electrons. The van der Waals surface area contributed by atoms with E-state index in [2.05, 4.69) is 5.32 Å². The van der Waals surface area contributed by atoms with Crippen LogP contribution in [0.25, 0.3) is 5.32 Å². The number of aromatic hydroxyl groups is 1. The number of nitrogens with two attached hydrogens (primary N) is 1. The first-order valence-corrected chi connectivity index (χ1v) is 10.8. The number of halogens is 2. The molecule has 7 nitrogen and oxygen atoms in total. The molecule has 0 aromatic heterocycles. The number of carbonyl (C=O) groups excluding carboxylic acids is 2. The van der Waals surface area contributed by atoms with Crippen molar-refractivity contribution in [3.05, 3.63) is 70.3 Å². The predicted octanol–water partition coefficient (Wildman–Crippen LogP) is 3.71. The van der Waals surface area contributed by atoms with E-state index in [1.54, 1.807) is 29.2 Å². The van der Waals surface area contributed by atoms with Crippen LogP contribution < -0.4 is 5.73 Å². The number of benzene rings is 2. The molecule has 1 aliphatic rings. The zero-order chi connectivity index (χ0) is 24.1. The van der Waals surface area contributed by atoms with Crippen LogP contribution in [0.1, 0.15) is 35.3 Å². The molecule has 3 rings (SSSR count). The van der Waals surface area contributed by atoms with Gasteiger partial charge in [-0.3, -0.25) is 9.59 Å². The van der Waals surface area contributed by atoms with Crippen LogP contribution in [0.15, 0.2) is 42.5 Å². The standard InChI is InChI=1S/C15H13FN2O2.C6H10ClN2O.C2H6.W/c16-12-6-5-9(8-14(12)19)7-13(17)10-3-1-2-4-11(10)15(18)20;7-5-6(10)9-3-1-8-2-4-9;1-2;/h1-6,8,17,19H,7H2,(H2,18,20);1-5H2;1-2H3;/q;-1;;. The van der Waals surface area contributed by atoms with Crippen molar-refractivity contribution in [1.82, 2.24) is 4.90 Å². The normalized spacial score (nSPS) is 12.2. The van der Waals surface area contributed by atoms with Crippen molar-refractivity contribution in [3.63, 3.8) is 0 Å². The molecule has 2 aromatic carbocycles. The molecule has 2 aromatic rings. The van der Waals surface area contributed by atoms with Gasteiger partial charge in [0.25, 0.3) is 0 Å². The number of hydrogen-bond donors (Lipinski definition) is 3. The van der Waals surface area contributed by atoms with E-state index in [0.29, 0.717) is 11.1 Å². The van der Waals surface area contributed by atoms with Crippen molar-refractivity contribution in [3.8, 4) is 5.75 Å². The molecular formula is C23H29ClFN4O3W-. The van der Waals surface area contributed by atoms with E-state index in [1.807, 2.05) is 13.8 Å². The number of carbonyl (C=O) groups is 2. The second-order valence-electron chi connectivity index (χ2n) is 6.54. The molecule has 0 spiro atoms. The minimum absolute atomic E-state index is 0. The van der Waals surface area contributed by atoms with E-state index in [0.717, 1.165) is 32.2 Å². The largest absolute Gasteiger partial charge is 0.659 e. The molecule has 0 unspecified atom stereocenters. The molecule has 1 saturated heterocycles. The number of nitrogens with one attached hydrogen (secondary N) is 1. The third kappa shape index (κ3) is 10.0.